The Balaban J connectivity index is 1.91. The number of esters is 1. The van der Waals surface area contributed by atoms with Crippen LogP contribution in [0.2, 0.25) is 0 Å². The molecule has 7 nitrogen and oxygen atoms in total. The summed E-state index contributed by atoms with van der Waals surface area (Å²) in [6.07, 6.45) is 0. The molecule has 7 heteroatoms. The van der Waals surface area contributed by atoms with Crippen LogP contribution in [0, 0.1) is 0 Å². The fourth-order valence-electron chi connectivity index (χ4n) is 3.48. The van der Waals surface area contributed by atoms with Gasteiger partial charge in [0.05, 0.1) is 36.7 Å². The maximum Gasteiger partial charge on any atom is 0.337 e. The number of ether oxygens (including phenoxy) is 2. The lowest BCUT2D eigenvalue weighted by molar-refractivity contribution is 0.0600. The molecule has 1 N–H and O–H groups in total. The van der Waals surface area contributed by atoms with Crippen LogP contribution in [-0.4, -0.2) is 63.7 Å². The number of piperazine rings is 1. The summed E-state index contributed by atoms with van der Waals surface area (Å²) < 4.78 is 10.1. The second-order valence-electron chi connectivity index (χ2n) is 6.80. The molecule has 0 radical (unpaired) electrons. The third-order valence-corrected chi connectivity index (χ3v) is 5.18. The van der Waals surface area contributed by atoms with Crippen molar-refractivity contribution >= 4 is 23.3 Å². The smallest absolute Gasteiger partial charge is 0.337 e. The number of carbonyl (C=O) groups excluding carboxylic acids is 2. The van der Waals surface area contributed by atoms with E-state index >= 15 is 0 Å². The van der Waals surface area contributed by atoms with Crippen molar-refractivity contribution in [1.82, 2.24) is 4.90 Å². The molecular formula is C22H27N3O4. The van der Waals surface area contributed by atoms with Crippen LogP contribution in [0.5, 0.6) is 5.75 Å². The third-order valence-electron chi connectivity index (χ3n) is 5.18. The van der Waals surface area contributed by atoms with Crippen molar-refractivity contribution in [2.24, 2.45) is 0 Å². The van der Waals surface area contributed by atoms with E-state index in [1.165, 1.54) is 14.2 Å². The summed E-state index contributed by atoms with van der Waals surface area (Å²) in [7, 11) is 2.87. The molecule has 0 saturated carbocycles. The van der Waals surface area contributed by atoms with E-state index in [-0.39, 0.29) is 5.91 Å². The van der Waals surface area contributed by atoms with Crippen molar-refractivity contribution in [1.29, 1.82) is 0 Å². The van der Waals surface area contributed by atoms with Gasteiger partial charge in [0.15, 0.2) is 0 Å². The lowest BCUT2D eigenvalue weighted by Crippen LogP contribution is -2.46. The minimum Gasteiger partial charge on any atom is -0.496 e. The van der Waals surface area contributed by atoms with Crippen LogP contribution in [-0.2, 0) is 4.74 Å². The molecule has 1 fully saturated rings. The van der Waals surface area contributed by atoms with E-state index in [1.807, 2.05) is 12.1 Å². The van der Waals surface area contributed by atoms with Crippen molar-refractivity contribution in [3.05, 3.63) is 53.6 Å². The number of methoxy groups -OCH3 is 2. The van der Waals surface area contributed by atoms with E-state index in [1.54, 1.807) is 30.3 Å². The molecule has 1 heterocycles. The van der Waals surface area contributed by atoms with Crippen molar-refractivity contribution in [3.63, 3.8) is 0 Å². The first-order valence-electron chi connectivity index (χ1n) is 9.71. The monoisotopic (exact) mass is 397 g/mol. The lowest BCUT2D eigenvalue weighted by Gasteiger charge is -2.36. The van der Waals surface area contributed by atoms with Gasteiger partial charge in [-0.3, -0.25) is 4.79 Å². The highest BCUT2D eigenvalue weighted by molar-refractivity contribution is 6.08. The van der Waals surface area contributed by atoms with Crippen molar-refractivity contribution in [3.8, 4) is 5.75 Å². The zero-order valence-electron chi connectivity index (χ0n) is 17.1. The number of anilines is 2. The number of likely N-dealkylation sites (N-methyl/N-ethyl adjacent to an activating group) is 1. The van der Waals surface area contributed by atoms with Crippen molar-refractivity contribution in [2.75, 3.05) is 57.2 Å². The Morgan fingerprint density at radius 3 is 2.41 bits per heavy atom. The molecule has 0 aliphatic carbocycles. The molecule has 2 aromatic rings. The Hall–Kier alpha value is -3.06. The minimum absolute atomic E-state index is 0.294. The second-order valence-corrected chi connectivity index (χ2v) is 6.80. The number of hydrogen-bond acceptors (Lipinski definition) is 6. The summed E-state index contributed by atoms with van der Waals surface area (Å²) >= 11 is 0. The average Bonchev–Trinajstić information content (AvgIpc) is 2.78. The van der Waals surface area contributed by atoms with Gasteiger partial charge in [-0.05, 0) is 36.9 Å². The zero-order valence-corrected chi connectivity index (χ0v) is 17.1. The van der Waals surface area contributed by atoms with Gasteiger partial charge in [0.1, 0.15) is 5.75 Å². The van der Waals surface area contributed by atoms with Crippen LogP contribution in [0.25, 0.3) is 0 Å². The summed E-state index contributed by atoms with van der Waals surface area (Å²) in [6.45, 7) is 6.78. The molecule has 0 aromatic heterocycles. The normalized spacial score (nSPS) is 14.4. The molecule has 154 valence electrons. The van der Waals surface area contributed by atoms with E-state index in [0.717, 1.165) is 38.4 Å². The summed E-state index contributed by atoms with van der Waals surface area (Å²) in [6, 6.07) is 12.3. The average molecular weight is 397 g/mol. The third kappa shape index (κ3) is 4.68. The topological polar surface area (TPSA) is 71.1 Å². The largest absolute Gasteiger partial charge is 0.496 e. The predicted octanol–water partition coefficient (Wildman–Crippen LogP) is 2.88. The molecule has 3 rings (SSSR count). The molecule has 0 unspecified atom stereocenters. The number of hydrogen-bond donors (Lipinski definition) is 1. The Morgan fingerprint density at radius 2 is 1.76 bits per heavy atom. The van der Waals surface area contributed by atoms with Crippen LogP contribution in [0.3, 0.4) is 0 Å². The number of carbonyl (C=O) groups is 2. The highest BCUT2D eigenvalue weighted by Crippen LogP contribution is 2.30. The molecule has 2 aromatic carbocycles. The molecule has 1 saturated heterocycles. The van der Waals surface area contributed by atoms with Gasteiger partial charge < -0.3 is 24.6 Å². The van der Waals surface area contributed by atoms with Crippen molar-refractivity contribution < 1.29 is 19.1 Å². The van der Waals surface area contributed by atoms with E-state index in [0.29, 0.717) is 22.6 Å². The fraction of sp³-hybridized carbons (Fsp3) is 0.364. The number of nitrogens with one attached hydrogen (secondary N) is 1. The molecule has 0 bridgehead atoms. The van der Waals surface area contributed by atoms with Crippen LogP contribution in [0.4, 0.5) is 11.4 Å². The molecular weight excluding hydrogens is 370 g/mol. The van der Waals surface area contributed by atoms with E-state index in [9.17, 15) is 9.59 Å². The molecule has 0 atom stereocenters. The molecule has 1 aliphatic rings. The Morgan fingerprint density at radius 1 is 1.03 bits per heavy atom. The molecule has 1 aliphatic heterocycles. The van der Waals surface area contributed by atoms with E-state index in [2.05, 4.69) is 22.0 Å². The molecule has 0 spiro atoms. The fourth-order valence-corrected chi connectivity index (χ4v) is 3.48. The minimum atomic E-state index is -0.444. The Labute approximate surface area is 171 Å². The van der Waals surface area contributed by atoms with Gasteiger partial charge >= 0.3 is 5.97 Å². The first-order chi connectivity index (χ1) is 14.1. The van der Waals surface area contributed by atoms with Gasteiger partial charge in [0.25, 0.3) is 5.91 Å². The van der Waals surface area contributed by atoms with Crippen LogP contribution < -0.4 is 15.0 Å². The molecule has 1 amide bonds. The number of para-hydroxylation sites is 1. The Kier molecular flexibility index (Phi) is 6.72. The summed E-state index contributed by atoms with van der Waals surface area (Å²) in [4.78, 5) is 29.6. The van der Waals surface area contributed by atoms with Crippen LogP contribution in [0.1, 0.15) is 27.6 Å². The van der Waals surface area contributed by atoms with Gasteiger partial charge in [-0.15, -0.1) is 0 Å². The Bertz CT molecular complexity index is 876. The zero-order chi connectivity index (χ0) is 20.8. The first-order valence-corrected chi connectivity index (χ1v) is 9.71. The number of nitrogens with zero attached hydrogens (tertiary/aromatic N) is 2. The highest BCUT2D eigenvalue weighted by Gasteiger charge is 2.21. The quantitative estimate of drug-likeness (QED) is 0.756. The highest BCUT2D eigenvalue weighted by atomic mass is 16.5. The standard InChI is InChI=1S/C22H27N3O4/c1-4-24-11-13-25(14-12-24)19-10-9-16(22(27)29-3)15-18(19)23-21(26)17-7-5-6-8-20(17)28-2/h5-10,15H,4,11-14H2,1-3H3,(H,23,26). The second kappa shape index (κ2) is 9.43. The predicted molar refractivity (Wildman–Crippen MR) is 113 cm³/mol. The van der Waals surface area contributed by atoms with Gasteiger partial charge in [-0.1, -0.05) is 19.1 Å². The van der Waals surface area contributed by atoms with Gasteiger partial charge in [0.2, 0.25) is 0 Å². The molecule has 29 heavy (non-hydrogen) atoms. The van der Waals surface area contributed by atoms with Crippen LogP contribution in [0.15, 0.2) is 42.5 Å². The maximum atomic E-state index is 12.9. The van der Waals surface area contributed by atoms with Gasteiger partial charge in [-0.2, -0.15) is 0 Å². The lowest BCUT2D eigenvalue weighted by atomic mass is 10.1. The van der Waals surface area contributed by atoms with Gasteiger partial charge in [-0.25, -0.2) is 4.79 Å². The number of rotatable bonds is 6. The van der Waals surface area contributed by atoms with E-state index in [4.69, 9.17) is 9.47 Å². The summed E-state index contributed by atoms with van der Waals surface area (Å²) in [5.41, 5.74) is 2.28. The van der Waals surface area contributed by atoms with Crippen molar-refractivity contribution in [2.45, 2.75) is 6.92 Å². The maximum absolute atomic E-state index is 12.9. The van der Waals surface area contributed by atoms with Crippen LogP contribution >= 0.6 is 0 Å². The number of benzene rings is 2. The number of amides is 1. The van der Waals surface area contributed by atoms with E-state index < -0.39 is 5.97 Å². The first kappa shape index (κ1) is 20.7. The summed E-state index contributed by atoms with van der Waals surface area (Å²) in [5.74, 6) is -0.245. The van der Waals surface area contributed by atoms with Gasteiger partial charge in [0, 0.05) is 26.2 Å². The SMILES string of the molecule is CCN1CCN(c2ccc(C(=O)OC)cc2NC(=O)c2ccccc2OC)CC1. The summed E-state index contributed by atoms with van der Waals surface area (Å²) in [5, 5.41) is 2.96.